The molecule has 1 N–H and O–H groups in total. The molecule has 0 aliphatic carbocycles. The summed E-state index contributed by atoms with van der Waals surface area (Å²) in [6.45, 7) is 2.02. The largest absolute Gasteiger partial charge is 0.493 e. The van der Waals surface area contributed by atoms with E-state index in [4.69, 9.17) is 21.7 Å². The van der Waals surface area contributed by atoms with Crippen LogP contribution in [0, 0.1) is 11.7 Å². The molecule has 0 saturated carbocycles. The van der Waals surface area contributed by atoms with Crippen molar-refractivity contribution in [2.24, 2.45) is 5.10 Å². The van der Waals surface area contributed by atoms with Crippen LogP contribution in [0.1, 0.15) is 16.8 Å². The lowest BCUT2D eigenvalue weighted by Crippen LogP contribution is -2.22. The molecule has 0 atom stereocenters. The Morgan fingerprint density at radius 2 is 2.00 bits per heavy atom. The lowest BCUT2D eigenvalue weighted by atomic mass is 10.2. The monoisotopic (exact) mass is 382 g/mol. The minimum absolute atomic E-state index is 0.122. The van der Waals surface area contributed by atoms with Gasteiger partial charge in [-0.1, -0.05) is 30.3 Å². The second kappa shape index (κ2) is 8.41. The number of hydrogen-bond acceptors (Lipinski definition) is 6. The van der Waals surface area contributed by atoms with Crippen molar-refractivity contribution in [2.45, 2.75) is 13.5 Å². The third-order valence-electron chi connectivity index (χ3n) is 3.76. The quantitative estimate of drug-likeness (QED) is 0.523. The van der Waals surface area contributed by atoms with Crippen molar-refractivity contribution in [2.75, 3.05) is 7.11 Å². The summed E-state index contributed by atoms with van der Waals surface area (Å²) in [5, 5.41) is 10.5. The number of hydrogen-bond donors (Lipinski definition) is 1. The van der Waals surface area contributed by atoms with Crippen LogP contribution in [-0.2, 0) is 6.61 Å². The molecule has 0 aliphatic rings. The molecule has 27 heavy (non-hydrogen) atoms. The van der Waals surface area contributed by atoms with E-state index < -0.39 is 0 Å². The van der Waals surface area contributed by atoms with Gasteiger partial charge in [0.05, 0.1) is 13.3 Å². The zero-order valence-electron chi connectivity index (χ0n) is 14.9. The summed E-state index contributed by atoms with van der Waals surface area (Å²) in [5.41, 5.74) is 1.70. The van der Waals surface area contributed by atoms with Crippen LogP contribution < -0.4 is 15.0 Å². The predicted octanol–water partition coefficient (Wildman–Crippen LogP) is 3.08. The van der Waals surface area contributed by atoms with E-state index in [0.717, 1.165) is 15.8 Å². The van der Waals surface area contributed by atoms with Crippen LogP contribution in [0.15, 0.2) is 58.4 Å². The predicted molar refractivity (Wildman–Crippen MR) is 105 cm³/mol. The molecule has 1 heterocycles. The molecule has 1 aromatic heterocycles. The fourth-order valence-corrected chi connectivity index (χ4v) is 2.50. The minimum atomic E-state index is -0.371. The van der Waals surface area contributed by atoms with Gasteiger partial charge in [-0.25, -0.2) is 0 Å². The number of nitrogens with zero attached hydrogens (tertiary/aromatic N) is 3. The molecule has 2 aromatic carbocycles. The Labute approximate surface area is 160 Å². The van der Waals surface area contributed by atoms with Gasteiger partial charge in [-0.2, -0.15) is 14.9 Å². The fraction of sp³-hybridized carbons (Fsp3) is 0.158. The first-order valence-corrected chi connectivity index (χ1v) is 8.57. The standard InChI is InChI=1S/C19H18N4O3S/c1-13-18(24)23(19(27)22-21-13)20-11-15-8-9-16(17(10-15)25-2)26-12-14-6-4-3-5-7-14/h3-11H,12H2,1-2H3,(H,22,27)/b20-11+. The van der Waals surface area contributed by atoms with Crippen molar-refractivity contribution in [3.8, 4) is 11.5 Å². The molecule has 0 aliphatic heterocycles. The number of ether oxygens (including phenoxy) is 2. The van der Waals surface area contributed by atoms with Crippen LogP contribution in [-0.4, -0.2) is 28.2 Å². The molecule has 3 aromatic rings. The summed E-state index contributed by atoms with van der Waals surface area (Å²) in [5.74, 6) is 1.19. The number of aryl methyl sites for hydroxylation is 1. The first kappa shape index (κ1) is 18.5. The van der Waals surface area contributed by atoms with Gasteiger partial charge in [0.1, 0.15) is 12.3 Å². The van der Waals surface area contributed by atoms with Crippen molar-refractivity contribution < 1.29 is 9.47 Å². The second-order valence-corrected chi connectivity index (χ2v) is 6.05. The summed E-state index contributed by atoms with van der Waals surface area (Å²) in [4.78, 5) is 12.1. The van der Waals surface area contributed by atoms with Crippen LogP contribution >= 0.6 is 12.2 Å². The fourth-order valence-electron chi connectivity index (χ4n) is 2.32. The molecule has 0 unspecified atom stereocenters. The second-order valence-electron chi connectivity index (χ2n) is 5.66. The molecular weight excluding hydrogens is 364 g/mol. The van der Waals surface area contributed by atoms with Crippen molar-refractivity contribution in [1.29, 1.82) is 0 Å². The van der Waals surface area contributed by atoms with E-state index >= 15 is 0 Å². The summed E-state index contributed by atoms with van der Waals surface area (Å²) in [6.07, 6.45) is 1.52. The Morgan fingerprint density at radius 1 is 1.22 bits per heavy atom. The van der Waals surface area contributed by atoms with Crippen LogP contribution in [0.3, 0.4) is 0 Å². The molecule has 0 radical (unpaired) electrons. The van der Waals surface area contributed by atoms with Crippen LogP contribution in [0.5, 0.6) is 11.5 Å². The Hall–Kier alpha value is -3.26. The lowest BCUT2D eigenvalue weighted by Gasteiger charge is -2.11. The first-order chi connectivity index (χ1) is 13.1. The molecular formula is C19H18N4O3S. The van der Waals surface area contributed by atoms with Gasteiger partial charge in [-0.3, -0.25) is 9.89 Å². The highest BCUT2D eigenvalue weighted by Crippen LogP contribution is 2.28. The third-order valence-corrected chi connectivity index (χ3v) is 4.02. The maximum atomic E-state index is 12.1. The van der Waals surface area contributed by atoms with E-state index in [0.29, 0.717) is 18.1 Å². The molecule has 0 fully saturated rings. The van der Waals surface area contributed by atoms with Crippen molar-refractivity contribution in [1.82, 2.24) is 14.9 Å². The van der Waals surface area contributed by atoms with Gasteiger partial charge in [-0.05, 0) is 48.5 Å². The molecule has 0 bridgehead atoms. The number of rotatable bonds is 6. The maximum absolute atomic E-state index is 12.1. The Kier molecular flexibility index (Phi) is 5.77. The Bertz CT molecular complexity index is 1070. The van der Waals surface area contributed by atoms with Gasteiger partial charge in [-0.15, -0.1) is 0 Å². The minimum Gasteiger partial charge on any atom is -0.493 e. The van der Waals surface area contributed by atoms with E-state index in [-0.39, 0.29) is 16.0 Å². The smallest absolute Gasteiger partial charge is 0.296 e. The van der Waals surface area contributed by atoms with E-state index in [9.17, 15) is 4.79 Å². The van der Waals surface area contributed by atoms with Crippen molar-refractivity contribution in [3.05, 3.63) is 80.5 Å². The van der Waals surface area contributed by atoms with E-state index in [1.54, 1.807) is 26.2 Å². The van der Waals surface area contributed by atoms with Gasteiger partial charge in [0.2, 0.25) is 4.77 Å². The third kappa shape index (κ3) is 4.48. The number of aromatic nitrogens is 3. The van der Waals surface area contributed by atoms with Crippen LogP contribution in [0.4, 0.5) is 0 Å². The van der Waals surface area contributed by atoms with Gasteiger partial charge in [0, 0.05) is 0 Å². The van der Waals surface area contributed by atoms with Crippen molar-refractivity contribution >= 4 is 18.4 Å². The molecule has 7 nitrogen and oxygen atoms in total. The zero-order valence-corrected chi connectivity index (χ0v) is 15.7. The molecule has 3 rings (SSSR count). The van der Waals surface area contributed by atoms with Gasteiger partial charge in [0.15, 0.2) is 11.5 Å². The summed E-state index contributed by atoms with van der Waals surface area (Å²) >= 11 is 5.05. The molecule has 0 amide bonds. The number of H-pyrrole nitrogens is 1. The Balaban J connectivity index is 1.81. The normalized spacial score (nSPS) is 10.9. The maximum Gasteiger partial charge on any atom is 0.296 e. The average Bonchev–Trinajstić information content (AvgIpc) is 2.70. The summed E-state index contributed by atoms with van der Waals surface area (Å²) in [6, 6.07) is 15.3. The number of benzene rings is 2. The number of methoxy groups -OCH3 is 1. The molecule has 0 saturated heterocycles. The van der Waals surface area contributed by atoms with E-state index in [1.165, 1.54) is 6.21 Å². The van der Waals surface area contributed by atoms with Crippen LogP contribution in [0.2, 0.25) is 0 Å². The zero-order chi connectivity index (χ0) is 19.2. The topological polar surface area (TPSA) is 81.5 Å². The van der Waals surface area contributed by atoms with E-state index in [2.05, 4.69) is 15.3 Å². The van der Waals surface area contributed by atoms with Gasteiger partial charge >= 0.3 is 0 Å². The van der Waals surface area contributed by atoms with Gasteiger partial charge in [0.25, 0.3) is 5.56 Å². The number of aromatic amines is 1. The number of nitrogens with one attached hydrogen (secondary N) is 1. The van der Waals surface area contributed by atoms with E-state index in [1.807, 2.05) is 36.4 Å². The van der Waals surface area contributed by atoms with Gasteiger partial charge < -0.3 is 9.47 Å². The highest BCUT2D eigenvalue weighted by Gasteiger charge is 2.06. The molecule has 138 valence electrons. The highest BCUT2D eigenvalue weighted by molar-refractivity contribution is 7.71. The highest BCUT2D eigenvalue weighted by atomic mass is 32.1. The van der Waals surface area contributed by atoms with Crippen molar-refractivity contribution in [3.63, 3.8) is 0 Å². The summed E-state index contributed by atoms with van der Waals surface area (Å²) in [7, 11) is 1.57. The van der Waals surface area contributed by atoms with Crippen LogP contribution in [0.25, 0.3) is 0 Å². The molecule has 8 heteroatoms. The first-order valence-electron chi connectivity index (χ1n) is 8.16. The summed E-state index contributed by atoms with van der Waals surface area (Å²) < 4.78 is 12.4. The lowest BCUT2D eigenvalue weighted by molar-refractivity contribution is 0.284. The SMILES string of the molecule is COc1cc(/C=N/n2c(=S)[nH]nc(C)c2=O)ccc1OCc1ccccc1. The molecule has 0 spiro atoms. The average molecular weight is 382 g/mol. The Morgan fingerprint density at radius 3 is 2.74 bits per heavy atom.